The number of carbonyl (C=O) groups excluding carboxylic acids is 1. The van der Waals surface area contributed by atoms with Crippen LogP contribution in [0.15, 0.2) is 12.2 Å². The van der Waals surface area contributed by atoms with E-state index >= 15 is 0 Å². The van der Waals surface area contributed by atoms with Crippen LogP contribution < -0.4 is 0 Å². The zero-order valence-corrected chi connectivity index (χ0v) is 21.0. The van der Waals surface area contributed by atoms with Crippen molar-refractivity contribution in [3.63, 3.8) is 0 Å². The molecule has 0 amide bonds. The van der Waals surface area contributed by atoms with Gasteiger partial charge in [-0.25, -0.2) is 4.79 Å². The summed E-state index contributed by atoms with van der Waals surface area (Å²) in [7, 11) is 0. The quantitative estimate of drug-likeness (QED) is 0.111. The number of hydrogen-bond donors (Lipinski definition) is 0. The molecule has 0 radical (unpaired) electrons. The molecule has 0 bridgehead atoms. The number of carbonyl (C=O) groups is 1. The van der Waals surface area contributed by atoms with E-state index in [-0.39, 0.29) is 28.9 Å². The SMILES string of the molecule is Br.C=C(C(=O)ON(CC)CCCCCCCCCCCCCCCC)C(C)C. The third-order valence-corrected chi connectivity index (χ3v) is 5.28. The van der Waals surface area contributed by atoms with E-state index in [0.29, 0.717) is 5.57 Å². The fourth-order valence-electron chi connectivity index (χ4n) is 3.16. The van der Waals surface area contributed by atoms with Crippen molar-refractivity contribution in [3.8, 4) is 0 Å². The lowest BCUT2D eigenvalue weighted by Gasteiger charge is -2.20. The number of unbranched alkanes of at least 4 members (excludes halogenated alkanes) is 13. The predicted octanol–water partition coefficient (Wildman–Crippen LogP) is 8.04. The van der Waals surface area contributed by atoms with Gasteiger partial charge >= 0.3 is 5.97 Å². The third-order valence-electron chi connectivity index (χ3n) is 5.28. The van der Waals surface area contributed by atoms with Gasteiger partial charge in [0.1, 0.15) is 0 Å². The molecule has 28 heavy (non-hydrogen) atoms. The molecular weight excluding hydrogens is 414 g/mol. The van der Waals surface area contributed by atoms with Crippen molar-refractivity contribution in [2.24, 2.45) is 5.92 Å². The minimum Gasteiger partial charge on any atom is -0.364 e. The molecule has 168 valence electrons. The first-order valence-corrected chi connectivity index (χ1v) is 11.7. The average molecular weight is 463 g/mol. The maximum absolute atomic E-state index is 11.9. The highest BCUT2D eigenvalue weighted by atomic mass is 79.9. The lowest BCUT2D eigenvalue weighted by molar-refractivity contribution is -0.185. The molecule has 0 spiro atoms. The first-order valence-electron chi connectivity index (χ1n) is 11.7. The molecule has 4 heteroatoms. The molecule has 0 saturated heterocycles. The van der Waals surface area contributed by atoms with Gasteiger partial charge in [-0.1, -0.05) is 111 Å². The second-order valence-corrected chi connectivity index (χ2v) is 8.18. The van der Waals surface area contributed by atoms with E-state index in [4.69, 9.17) is 4.84 Å². The van der Waals surface area contributed by atoms with Gasteiger partial charge in [0.05, 0.1) is 0 Å². The summed E-state index contributed by atoms with van der Waals surface area (Å²) in [6, 6.07) is 0. The third kappa shape index (κ3) is 17.7. The fourth-order valence-corrected chi connectivity index (χ4v) is 3.16. The molecular formula is C24H48BrNO2. The van der Waals surface area contributed by atoms with Crippen LogP contribution in [0.5, 0.6) is 0 Å². The van der Waals surface area contributed by atoms with E-state index in [1.807, 2.05) is 20.8 Å². The average Bonchev–Trinajstić information content (AvgIpc) is 2.66. The highest BCUT2D eigenvalue weighted by Gasteiger charge is 2.15. The lowest BCUT2D eigenvalue weighted by atomic mass is 10.0. The fraction of sp³-hybridized carbons (Fsp3) is 0.875. The molecule has 0 heterocycles. The maximum Gasteiger partial charge on any atom is 0.352 e. The van der Waals surface area contributed by atoms with Crippen molar-refractivity contribution in [1.29, 1.82) is 0 Å². The van der Waals surface area contributed by atoms with Crippen LogP contribution in [0.25, 0.3) is 0 Å². The van der Waals surface area contributed by atoms with Crippen LogP contribution in [0.4, 0.5) is 0 Å². The number of hydroxylamine groups is 2. The van der Waals surface area contributed by atoms with Gasteiger partial charge in [0.15, 0.2) is 0 Å². The van der Waals surface area contributed by atoms with Crippen LogP contribution >= 0.6 is 17.0 Å². The Bertz CT molecular complexity index is 372. The topological polar surface area (TPSA) is 29.5 Å². The van der Waals surface area contributed by atoms with Crippen LogP contribution in [0, 0.1) is 5.92 Å². The minimum absolute atomic E-state index is 0. The van der Waals surface area contributed by atoms with Gasteiger partial charge in [-0.15, -0.1) is 22.0 Å². The molecule has 0 N–H and O–H groups in total. The first-order chi connectivity index (χ1) is 13.0. The molecule has 0 aromatic heterocycles. The van der Waals surface area contributed by atoms with Gasteiger partial charge < -0.3 is 4.84 Å². The van der Waals surface area contributed by atoms with Gasteiger partial charge in [-0.05, 0) is 19.3 Å². The molecule has 0 aliphatic rings. The Labute approximate surface area is 186 Å². The number of hydrogen-bond acceptors (Lipinski definition) is 3. The molecule has 0 aromatic rings. The Hall–Kier alpha value is -0.350. The monoisotopic (exact) mass is 461 g/mol. The molecule has 3 nitrogen and oxygen atoms in total. The van der Waals surface area contributed by atoms with Crippen LogP contribution in [0.3, 0.4) is 0 Å². The van der Waals surface area contributed by atoms with E-state index in [1.54, 1.807) is 5.06 Å². The summed E-state index contributed by atoms with van der Waals surface area (Å²) in [5, 5.41) is 1.77. The lowest BCUT2D eigenvalue weighted by Crippen LogP contribution is -2.29. The minimum atomic E-state index is -0.280. The van der Waals surface area contributed by atoms with E-state index in [1.165, 1.54) is 83.5 Å². The molecule has 0 aromatic carbocycles. The summed E-state index contributed by atoms with van der Waals surface area (Å²) in [6.07, 6.45) is 19.0. The zero-order chi connectivity index (χ0) is 20.3. The van der Waals surface area contributed by atoms with Crippen molar-refractivity contribution in [3.05, 3.63) is 12.2 Å². The second kappa shape index (κ2) is 21.4. The number of halogens is 1. The summed E-state index contributed by atoms with van der Waals surface area (Å²) < 4.78 is 0. The Balaban J connectivity index is 0. The van der Waals surface area contributed by atoms with Crippen LogP contribution in [-0.4, -0.2) is 24.1 Å². The molecule has 0 fully saturated rings. The molecule has 0 unspecified atom stereocenters. The van der Waals surface area contributed by atoms with E-state index < -0.39 is 0 Å². The largest absolute Gasteiger partial charge is 0.364 e. The maximum atomic E-state index is 11.9. The summed E-state index contributed by atoms with van der Waals surface area (Å²) in [5.41, 5.74) is 0.550. The smallest absolute Gasteiger partial charge is 0.352 e. The molecule has 0 saturated carbocycles. The van der Waals surface area contributed by atoms with Gasteiger partial charge in [0.25, 0.3) is 0 Å². The van der Waals surface area contributed by atoms with E-state index in [9.17, 15) is 4.79 Å². The summed E-state index contributed by atoms with van der Waals surface area (Å²) >= 11 is 0. The Morgan fingerprint density at radius 1 is 0.786 bits per heavy atom. The summed E-state index contributed by atoms with van der Waals surface area (Å²) in [4.78, 5) is 17.4. The summed E-state index contributed by atoms with van der Waals surface area (Å²) in [5.74, 6) is -0.144. The molecule has 0 rings (SSSR count). The normalized spacial score (nSPS) is 10.9. The zero-order valence-electron chi connectivity index (χ0n) is 19.3. The Kier molecular flexibility index (Phi) is 22.8. The Morgan fingerprint density at radius 3 is 1.54 bits per heavy atom. The van der Waals surface area contributed by atoms with Gasteiger partial charge in [-0.3, -0.25) is 0 Å². The first kappa shape index (κ1) is 29.8. The predicted molar refractivity (Wildman–Crippen MR) is 128 cm³/mol. The second-order valence-electron chi connectivity index (χ2n) is 8.18. The molecule has 0 aliphatic carbocycles. The van der Waals surface area contributed by atoms with Gasteiger partial charge in [0, 0.05) is 18.7 Å². The van der Waals surface area contributed by atoms with Crippen molar-refractivity contribution in [2.45, 2.75) is 118 Å². The Morgan fingerprint density at radius 2 is 1.18 bits per heavy atom. The van der Waals surface area contributed by atoms with Crippen molar-refractivity contribution in [2.75, 3.05) is 13.1 Å². The highest BCUT2D eigenvalue weighted by Crippen LogP contribution is 2.14. The standard InChI is InChI=1S/C24H47NO2.BrH/c1-6-8-9-10-11-12-13-14-15-16-17-18-19-20-21-25(7-2)27-24(26)23(5)22(3)4;/h22H,5-21H2,1-4H3;1H. The van der Waals surface area contributed by atoms with E-state index in [2.05, 4.69) is 13.5 Å². The van der Waals surface area contributed by atoms with E-state index in [0.717, 1.165) is 19.5 Å². The van der Waals surface area contributed by atoms with Crippen LogP contribution in [-0.2, 0) is 9.63 Å². The van der Waals surface area contributed by atoms with Crippen LogP contribution in [0.1, 0.15) is 118 Å². The highest BCUT2D eigenvalue weighted by molar-refractivity contribution is 8.93. The van der Waals surface area contributed by atoms with Crippen molar-refractivity contribution < 1.29 is 9.63 Å². The van der Waals surface area contributed by atoms with Crippen LogP contribution in [0.2, 0.25) is 0 Å². The van der Waals surface area contributed by atoms with Crippen molar-refractivity contribution >= 4 is 23.0 Å². The number of rotatable bonds is 19. The van der Waals surface area contributed by atoms with Crippen molar-refractivity contribution in [1.82, 2.24) is 5.06 Å². The van der Waals surface area contributed by atoms with Gasteiger partial charge in [-0.2, -0.15) is 0 Å². The number of nitrogens with zero attached hydrogens (tertiary/aromatic N) is 1. The van der Waals surface area contributed by atoms with Gasteiger partial charge in [0.2, 0.25) is 0 Å². The summed E-state index contributed by atoms with van der Waals surface area (Å²) in [6.45, 7) is 13.6. The molecule has 0 atom stereocenters. The molecule has 0 aliphatic heterocycles.